The summed E-state index contributed by atoms with van der Waals surface area (Å²) >= 11 is 0. The first-order chi connectivity index (χ1) is 8.66. The van der Waals surface area contributed by atoms with E-state index in [1.54, 1.807) is 24.0 Å². The Bertz CT molecular complexity index is 539. The zero-order valence-electron chi connectivity index (χ0n) is 9.93. The lowest BCUT2D eigenvalue weighted by molar-refractivity contribution is 0.0951. The third kappa shape index (κ3) is 2.91. The van der Waals surface area contributed by atoms with E-state index in [0.717, 1.165) is 0 Å². The van der Waals surface area contributed by atoms with Crippen LogP contribution >= 0.6 is 0 Å². The fourth-order valence-corrected chi connectivity index (χ4v) is 1.61. The number of aromatic nitrogens is 3. The van der Waals surface area contributed by atoms with Gasteiger partial charge < -0.3 is 5.32 Å². The zero-order valence-corrected chi connectivity index (χ0v) is 9.93. The van der Waals surface area contributed by atoms with Crippen LogP contribution in [-0.2, 0) is 6.54 Å². The van der Waals surface area contributed by atoms with E-state index in [-0.39, 0.29) is 11.7 Å². The maximum Gasteiger partial charge on any atom is 0.251 e. The minimum absolute atomic E-state index is 0.215. The number of rotatable bonds is 4. The van der Waals surface area contributed by atoms with Crippen LogP contribution < -0.4 is 5.32 Å². The molecule has 94 valence electrons. The SMILES string of the molecule is Cc1cc(F)ccc1C(=O)NCCn1ccnn1. The van der Waals surface area contributed by atoms with Gasteiger partial charge in [0, 0.05) is 18.3 Å². The standard InChI is InChI=1S/C12H13FN4O/c1-9-8-10(13)2-3-11(9)12(18)14-4-6-17-7-5-15-16-17/h2-3,5,7-8H,4,6H2,1H3,(H,14,18). The molecule has 1 heterocycles. The number of benzene rings is 1. The maximum absolute atomic E-state index is 12.9. The fraction of sp³-hybridized carbons (Fsp3) is 0.250. The third-order valence-electron chi connectivity index (χ3n) is 2.53. The second kappa shape index (κ2) is 5.39. The molecule has 0 saturated heterocycles. The number of nitrogens with one attached hydrogen (secondary N) is 1. The molecule has 1 aromatic heterocycles. The molecule has 2 aromatic rings. The summed E-state index contributed by atoms with van der Waals surface area (Å²) in [7, 11) is 0. The van der Waals surface area contributed by atoms with E-state index in [2.05, 4.69) is 15.6 Å². The molecule has 18 heavy (non-hydrogen) atoms. The Morgan fingerprint density at radius 3 is 3.00 bits per heavy atom. The second-order valence-corrected chi connectivity index (χ2v) is 3.88. The highest BCUT2D eigenvalue weighted by atomic mass is 19.1. The first-order valence-corrected chi connectivity index (χ1v) is 5.55. The molecule has 0 radical (unpaired) electrons. The van der Waals surface area contributed by atoms with E-state index in [1.807, 2.05) is 0 Å². The smallest absolute Gasteiger partial charge is 0.251 e. The van der Waals surface area contributed by atoms with Gasteiger partial charge in [-0.3, -0.25) is 9.48 Å². The Labute approximate surface area is 104 Å². The molecule has 6 heteroatoms. The highest BCUT2D eigenvalue weighted by molar-refractivity contribution is 5.95. The van der Waals surface area contributed by atoms with E-state index in [9.17, 15) is 9.18 Å². The van der Waals surface area contributed by atoms with Crippen molar-refractivity contribution in [1.82, 2.24) is 20.3 Å². The molecule has 0 saturated carbocycles. The van der Waals surface area contributed by atoms with Gasteiger partial charge in [0.05, 0.1) is 12.7 Å². The molecule has 5 nitrogen and oxygen atoms in total. The maximum atomic E-state index is 12.9. The molecule has 0 unspecified atom stereocenters. The van der Waals surface area contributed by atoms with Gasteiger partial charge in [0.15, 0.2) is 0 Å². The molecule has 0 bridgehead atoms. The average molecular weight is 248 g/mol. The normalized spacial score (nSPS) is 10.3. The number of aryl methyl sites for hydroxylation is 1. The van der Waals surface area contributed by atoms with Crippen LogP contribution in [0.2, 0.25) is 0 Å². The summed E-state index contributed by atoms with van der Waals surface area (Å²) in [6.45, 7) is 2.69. The van der Waals surface area contributed by atoms with Gasteiger partial charge in [0.25, 0.3) is 5.91 Å². The van der Waals surface area contributed by atoms with Crippen molar-refractivity contribution >= 4 is 5.91 Å². The Kier molecular flexibility index (Phi) is 3.66. The van der Waals surface area contributed by atoms with Crippen molar-refractivity contribution in [2.24, 2.45) is 0 Å². The van der Waals surface area contributed by atoms with Crippen LogP contribution in [0.15, 0.2) is 30.6 Å². The van der Waals surface area contributed by atoms with Crippen LogP contribution in [0.1, 0.15) is 15.9 Å². The van der Waals surface area contributed by atoms with Gasteiger partial charge in [0.1, 0.15) is 5.82 Å². The Morgan fingerprint density at radius 1 is 1.50 bits per heavy atom. The highest BCUT2D eigenvalue weighted by Gasteiger charge is 2.08. The van der Waals surface area contributed by atoms with Crippen molar-refractivity contribution in [2.75, 3.05) is 6.54 Å². The lowest BCUT2D eigenvalue weighted by Crippen LogP contribution is -2.28. The molecule has 0 aliphatic rings. The molecule has 0 atom stereocenters. The molecular formula is C12H13FN4O. The lowest BCUT2D eigenvalue weighted by atomic mass is 10.1. The number of carbonyl (C=O) groups is 1. The lowest BCUT2D eigenvalue weighted by Gasteiger charge is -2.07. The average Bonchev–Trinajstić information content (AvgIpc) is 2.81. The Balaban J connectivity index is 1.91. The molecule has 1 N–H and O–H groups in total. The first kappa shape index (κ1) is 12.2. The van der Waals surface area contributed by atoms with Crippen molar-refractivity contribution < 1.29 is 9.18 Å². The minimum atomic E-state index is -0.341. The monoisotopic (exact) mass is 248 g/mol. The van der Waals surface area contributed by atoms with Crippen LogP contribution in [0.25, 0.3) is 0 Å². The van der Waals surface area contributed by atoms with Crippen LogP contribution in [0.5, 0.6) is 0 Å². The Morgan fingerprint density at radius 2 is 2.33 bits per heavy atom. The van der Waals surface area contributed by atoms with Gasteiger partial charge in [-0.1, -0.05) is 5.21 Å². The molecule has 0 aliphatic carbocycles. The van der Waals surface area contributed by atoms with Crippen LogP contribution in [0.4, 0.5) is 4.39 Å². The number of halogens is 1. The van der Waals surface area contributed by atoms with E-state index >= 15 is 0 Å². The first-order valence-electron chi connectivity index (χ1n) is 5.55. The number of carbonyl (C=O) groups excluding carboxylic acids is 1. The molecule has 0 aliphatic heterocycles. The number of hydrogen-bond acceptors (Lipinski definition) is 3. The van der Waals surface area contributed by atoms with Crippen LogP contribution in [-0.4, -0.2) is 27.4 Å². The summed E-state index contributed by atoms with van der Waals surface area (Å²) < 4.78 is 14.5. The minimum Gasteiger partial charge on any atom is -0.350 e. The molecule has 1 amide bonds. The summed E-state index contributed by atoms with van der Waals surface area (Å²) in [5.41, 5.74) is 1.10. The Hall–Kier alpha value is -2.24. The van der Waals surface area contributed by atoms with Crippen LogP contribution in [0.3, 0.4) is 0 Å². The van der Waals surface area contributed by atoms with Crippen molar-refractivity contribution in [3.63, 3.8) is 0 Å². The second-order valence-electron chi connectivity index (χ2n) is 3.88. The molecule has 0 fully saturated rings. The van der Waals surface area contributed by atoms with Crippen molar-refractivity contribution in [3.8, 4) is 0 Å². The fourth-order valence-electron chi connectivity index (χ4n) is 1.61. The summed E-state index contributed by atoms with van der Waals surface area (Å²) in [4.78, 5) is 11.8. The molecular weight excluding hydrogens is 235 g/mol. The van der Waals surface area contributed by atoms with Gasteiger partial charge in [-0.25, -0.2) is 4.39 Å². The van der Waals surface area contributed by atoms with Gasteiger partial charge in [-0.05, 0) is 30.7 Å². The van der Waals surface area contributed by atoms with E-state index < -0.39 is 0 Å². The third-order valence-corrected chi connectivity index (χ3v) is 2.53. The molecule has 2 rings (SSSR count). The zero-order chi connectivity index (χ0) is 13.0. The number of amides is 1. The van der Waals surface area contributed by atoms with E-state index in [1.165, 1.54) is 18.2 Å². The van der Waals surface area contributed by atoms with Crippen molar-refractivity contribution in [2.45, 2.75) is 13.5 Å². The van der Waals surface area contributed by atoms with Gasteiger partial charge >= 0.3 is 0 Å². The van der Waals surface area contributed by atoms with Crippen molar-refractivity contribution in [3.05, 3.63) is 47.5 Å². The van der Waals surface area contributed by atoms with Crippen molar-refractivity contribution in [1.29, 1.82) is 0 Å². The van der Waals surface area contributed by atoms with E-state index in [4.69, 9.17) is 0 Å². The van der Waals surface area contributed by atoms with E-state index in [0.29, 0.717) is 24.2 Å². The number of hydrogen-bond donors (Lipinski definition) is 1. The quantitative estimate of drug-likeness (QED) is 0.883. The predicted octanol–water partition coefficient (Wildman–Crippen LogP) is 1.16. The largest absolute Gasteiger partial charge is 0.350 e. The highest BCUT2D eigenvalue weighted by Crippen LogP contribution is 2.09. The summed E-state index contributed by atoms with van der Waals surface area (Å²) in [5, 5.41) is 10.2. The summed E-state index contributed by atoms with van der Waals surface area (Å²) in [5.74, 6) is -0.556. The summed E-state index contributed by atoms with van der Waals surface area (Å²) in [6, 6.07) is 4.10. The summed E-state index contributed by atoms with van der Waals surface area (Å²) in [6.07, 6.45) is 3.29. The van der Waals surface area contributed by atoms with Gasteiger partial charge in [0.2, 0.25) is 0 Å². The van der Waals surface area contributed by atoms with Gasteiger partial charge in [-0.2, -0.15) is 0 Å². The van der Waals surface area contributed by atoms with Crippen LogP contribution in [0, 0.1) is 12.7 Å². The number of nitrogens with zero attached hydrogens (tertiary/aromatic N) is 3. The topological polar surface area (TPSA) is 59.8 Å². The predicted molar refractivity (Wildman–Crippen MR) is 63.5 cm³/mol. The molecule has 1 aromatic carbocycles. The molecule has 0 spiro atoms. The van der Waals surface area contributed by atoms with Gasteiger partial charge in [-0.15, -0.1) is 5.10 Å².